The standard InChI is InChI=1S/C21H29F2N5O3/c1-30-20(29)28-9-6-21(13-28)4-7-27(8-5-21)15-11-18(25-26-24)19(31-12-15)16-10-14(22)2-3-17(16)23/h2-3,10,15,18-19H,4-9,11-13H2,1H3,(H2,24,25)/t15-,18+,19-/m1/s1. The van der Waals surface area contributed by atoms with Crippen molar-refractivity contribution in [3.63, 3.8) is 0 Å². The number of piperidine rings is 1. The monoisotopic (exact) mass is 437 g/mol. The number of nitrogens with two attached hydrogens (primary N) is 1. The molecule has 3 fully saturated rings. The van der Waals surface area contributed by atoms with E-state index < -0.39 is 23.8 Å². The van der Waals surface area contributed by atoms with Gasteiger partial charge in [0.05, 0.1) is 13.7 Å². The van der Waals surface area contributed by atoms with E-state index in [2.05, 4.69) is 15.2 Å². The first kappa shape index (κ1) is 21.9. The third-order valence-corrected chi connectivity index (χ3v) is 7.06. The Hall–Kier alpha value is -2.33. The summed E-state index contributed by atoms with van der Waals surface area (Å²) in [5, 5.41) is 7.49. The quantitative estimate of drug-likeness (QED) is 0.446. The van der Waals surface area contributed by atoms with Crippen LogP contribution in [-0.4, -0.2) is 67.9 Å². The van der Waals surface area contributed by atoms with Crippen LogP contribution in [-0.2, 0) is 9.47 Å². The molecule has 0 aromatic heterocycles. The number of amides is 1. The highest BCUT2D eigenvalue weighted by atomic mass is 19.1. The molecule has 31 heavy (non-hydrogen) atoms. The van der Waals surface area contributed by atoms with E-state index >= 15 is 0 Å². The van der Waals surface area contributed by atoms with Crippen LogP contribution in [0, 0.1) is 17.0 Å². The molecule has 1 aromatic rings. The molecule has 1 amide bonds. The summed E-state index contributed by atoms with van der Waals surface area (Å²) in [7, 11) is 1.41. The summed E-state index contributed by atoms with van der Waals surface area (Å²) in [4.78, 5) is 16.0. The van der Waals surface area contributed by atoms with Crippen molar-refractivity contribution >= 4 is 6.09 Å². The van der Waals surface area contributed by atoms with Gasteiger partial charge < -0.3 is 20.2 Å². The molecule has 1 aromatic carbocycles. The van der Waals surface area contributed by atoms with Crippen LogP contribution in [0.2, 0.25) is 0 Å². The molecule has 3 saturated heterocycles. The van der Waals surface area contributed by atoms with Gasteiger partial charge in [0, 0.05) is 24.7 Å². The number of halogens is 2. The van der Waals surface area contributed by atoms with Crippen LogP contribution in [0.4, 0.5) is 13.6 Å². The summed E-state index contributed by atoms with van der Waals surface area (Å²) in [6, 6.07) is 2.94. The molecule has 0 radical (unpaired) electrons. The van der Waals surface area contributed by atoms with E-state index in [-0.39, 0.29) is 23.1 Å². The lowest BCUT2D eigenvalue weighted by Crippen LogP contribution is -2.51. The molecule has 4 rings (SSSR count). The van der Waals surface area contributed by atoms with Crippen molar-refractivity contribution in [2.75, 3.05) is 39.9 Å². The first-order valence-corrected chi connectivity index (χ1v) is 10.7. The summed E-state index contributed by atoms with van der Waals surface area (Å²) in [6.45, 7) is 3.64. The molecule has 170 valence electrons. The number of carbonyl (C=O) groups is 1. The number of rotatable bonds is 3. The van der Waals surface area contributed by atoms with Gasteiger partial charge in [-0.25, -0.2) is 13.6 Å². The van der Waals surface area contributed by atoms with E-state index in [1.165, 1.54) is 7.11 Å². The molecule has 0 aliphatic carbocycles. The first-order chi connectivity index (χ1) is 14.9. The van der Waals surface area contributed by atoms with Crippen molar-refractivity contribution < 1.29 is 23.0 Å². The normalized spacial score (nSPS) is 29.0. The van der Waals surface area contributed by atoms with Crippen molar-refractivity contribution in [3.8, 4) is 0 Å². The minimum absolute atomic E-state index is 0.0961. The van der Waals surface area contributed by atoms with E-state index in [0.29, 0.717) is 13.0 Å². The molecule has 10 heteroatoms. The number of carbonyl (C=O) groups excluding carboxylic acids is 1. The fourth-order valence-corrected chi connectivity index (χ4v) is 5.27. The minimum atomic E-state index is -0.723. The molecule has 0 saturated carbocycles. The Kier molecular flexibility index (Phi) is 6.38. The Balaban J connectivity index is 1.39. The summed E-state index contributed by atoms with van der Waals surface area (Å²) in [5.41, 5.74) is 0.284. The fourth-order valence-electron chi connectivity index (χ4n) is 5.27. The zero-order chi connectivity index (χ0) is 22.0. The third kappa shape index (κ3) is 4.50. The number of ether oxygens (including phenoxy) is 2. The highest BCUT2D eigenvalue weighted by Crippen LogP contribution is 2.42. The molecule has 8 nitrogen and oxygen atoms in total. The lowest BCUT2D eigenvalue weighted by Gasteiger charge is -2.45. The van der Waals surface area contributed by atoms with Crippen molar-refractivity contribution in [2.45, 2.75) is 43.9 Å². The van der Waals surface area contributed by atoms with Crippen LogP contribution in [0.3, 0.4) is 0 Å². The Bertz CT molecular complexity index is 831. The molecule has 3 atom stereocenters. The lowest BCUT2D eigenvalue weighted by molar-refractivity contribution is -0.0637. The van der Waals surface area contributed by atoms with Crippen LogP contribution < -0.4 is 5.84 Å². The highest BCUT2D eigenvalue weighted by Gasteiger charge is 2.44. The summed E-state index contributed by atoms with van der Waals surface area (Å²) in [5.74, 6) is 4.24. The van der Waals surface area contributed by atoms with Gasteiger partial charge >= 0.3 is 6.09 Å². The van der Waals surface area contributed by atoms with Gasteiger partial charge in [-0.05, 0) is 62.4 Å². The Labute approximate surface area is 180 Å². The third-order valence-electron chi connectivity index (χ3n) is 7.06. The summed E-state index contributed by atoms with van der Waals surface area (Å²) < 4.78 is 38.8. The summed E-state index contributed by atoms with van der Waals surface area (Å²) in [6.07, 6.45) is 2.58. The number of benzene rings is 1. The topological polar surface area (TPSA) is 92.8 Å². The van der Waals surface area contributed by atoms with Gasteiger partial charge in [-0.15, -0.1) is 0 Å². The Morgan fingerprint density at radius 3 is 2.71 bits per heavy atom. The number of hydrogen-bond donors (Lipinski definition) is 1. The largest absolute Gasteiger partial charge is 0.453 e. The van der Waals surface area contributed by atoms with Crippen LogP contribution in [0.25, 0.3) is 0 Å². The van der Waals surface area contributed by atoms with Gasteiger partial charge in [-0.1, -0.05) is 5.22 Å². The van der Waals surface area contributed by atoms with Crippen molar-refractivity contribution in [3.05, 3.63) is 35.4 Å². The maximum atomic E-state index is 14.3. The number of hydrogen-bond acceptors (Lipinski definition) is 6. The molecule has 3 heterocycles. The van der Waals surface area contributed by atoms with E-state index in [4.69, 9.17) is 15.3 Å². The lowest BCUT2D eigenvalue weighted by atomic mass is 9.77. The van der Waals surface area contributed by atoms with Gasteiger partial charge in [0.1, 0.15) is 23.8 Å². The van der Waals surface area contributed by atoms with Crippen LogP contribution in [0.5, 0.6) is 0 Å². The average Bonchev–Trinajstić information content (AvgIpc) is 3.19. The SMILES string of the molecule is COC(=O)N1CCC2(CCN([C@H]3CO[C@H](c4cc(F)ccc4F)[C@@H](N=NN)C3)CC2)C1. The maximum absolute atomic E-state index is 14.3. The van der Waals surface area contributed by atoms with E-state index in [9.17, 15) is 13.6 Å². The van der Waals surface area contributed by atoms with Crippen LogP contribution in [0.1, 0.15) is 37.4 Å². The number of methoxy groups -OCH3 is 1. The van der Waals surface area contributed by atoms with Gasteiger partial charge in [-0.2, -0.15) is 5.11 Å². The fraction of sp³-hybridized carbons (Fsp3) is 0.667. The zero-order valence-electron chi connectivity index (χ0n) is 17.7. The predicted molar refractivity (Wildman–Crippen MR) is 108 cm³/mol. The van der Waals surface area contributed by atoms with Crippen molar-refractivity contribution in [1.82, 2.24) is 9.80 Å². The van der Waals surface area contributed by atoms with Crippen LogP contribution >= 0.6 is 0 Å². The second kappa shape index (κ2) is 9.04. The predicted octanol–water partition coefficient (Wildman–Crippen LogP) is 3.04. The second-order valence-corrected chi connectivity index (χ2v) is 8.79. The van der Waals surface area contributed by atoms with Gasteiger partial charge in [0.2, 0.25) is 0 Å². The Morgan fingerprint density at radius 1 is 1.26 bits per heavy atom. The molecule has 1 spiro atoms. The summed E-state index contributed by atoms with van der Waals surface area (Å²) >= 11 is 0. The molecule has 2 N–H and O–H groups in total. The maximum Gasteiger partial charge on any atom is 0.409 e. The van der Waals surface area contributed by atoms with Crippen molar-refractivity contribution in [1.29, 1.82) is 0 Å². The molecule has 0 unspecified atom stereocenters. The molecule has 0 bridgehead atoms. The van der Waals surface area contributed by atoms with E-state index in [1.807, 2.05) is 0 Å². The molecular weight excluding hydrogens is 408 g/mol. The van der Waals surface area contributed by atoms with Gasteiger partial charge in [-0.3, -0.25) is 4.90 Å². The molecular formula is C21H29F2N5O3. The van der Waals surface area contributed by atoms with E-state index in [0.717, 1.165) is 63.6 Å². The zero-order valence-corrected chi connectivity index (χ0v) is 17.7. The minimum Gasteiger partial charge on any atom is -0.453 e. The molecule has 3 aliphatic heterocycles. The van der Waals surface area contributed by atoms with Gasteiger partial charge in [0.25, 0.3) is 0 Å². The van der Waals surface area contributed by atoms with Crippen molar-refractivity contribution in [2.24, 2.45) is 21.6 Å². The number of nitrogens with zero attached hydrogens (tertiary/aromatic N) is 4. The van der Waals surface area contributed by atoms with Crippen LogP contribution in [0.15, 0.2) is 28.5 Å². The Morgan fingerprint density at radius 2 is 2.00 bits per heavy atom. The molecule has 3 aliphatic rings. The smallest absolute Gasteiger partial charge is 0.409 e. The van der Waals surface area contributed by atoms with E-state index in [1.54, 1.807) is 4.90 Å². The second-order valence-electron chi connectivity index (χ2n) is 8.79. The highest BCUT2D eigenvalue weighted by molar-refractivity contribution is 5.67. The average molecular weight is 437 g/mol. The van der Waals surface area contributed by atoms with Gasteiger partial charge in [0.15, 0.2) is 0 Å². The number of likely N-dealkylation sites (tertiary alicyclic amines) is 2. The first-order valence-electron chi connectivity index (χ1n) is 10.7.